The minimum absolute atomic E-state index is 0.0636. The van der Waals surface area contributed by atoms with Crippen molar-refractivity contribution in [1.82, 2.24) is 0 Å². The lowest BCUT2D eigenvalue weighted by Crippen LogP contribution is -1.94. The minimum Gasteiger partial charge on any atom is -0.455 e. The molecule has 0 aliphatic heterocycles. The number of ketones is 1. The van der Waals surface area contributed by atoms with Crippen molar-refractivity contribution >= 4 is 43.7 Å². The summed E-state index contributed by atoms with van der Waals surface area (Å²) < 4.78 is 6.98. The van der Waals surface area contributed by atoms with E-state index in [0.717, 1.165) is 48.7 Å². The number of rotatable bonds is 0. The molecule has 1 aliphatic rings. The first-order valence-corrected chi connectivity index (χ1v) is 7.82. The van der Waals surface area contributed by atoms with Gasteiger partial charge >= 0.3 is 0 Å². The summed E-state index contributed by atoms with van der Waals surface area (Å²) in [6, 6.07) is 17.7. The van der Waals surface area contributed by atoms with Crippen molar-refractivity contribution in [3.05, 3.63) is 70.2 Å². The molecule has 0 amide bonds. The Labute approximate surface area is 134 Å². The van der Waals surface area contributed by atoms with Crippen molar-refractivity contribution in [3.8, 4) is 11.1 Å². The molecule has 3 aromatic carbocycles. The van der Waals surface area contributed by atoms with Gasteiger partial charge in [-0.3, -0.25) is 4.79 Å². The largest absolute Gasteiger partial charge is 0.455 e. The van der Waals surface area contributed by atoms with Crippen molar-refractivity contribution in [2.45, 2.75) is 0 Å². The van der Waals surface area contributed by atoms with Crippen molar-refractivity contribution < 1.29 is 9.21 Å². The van der Waals surface area contributed by atoms with Crippen LogP contribution in [0.5, 0.6) is 0 Å². The van der Waals surface area contributed by atoms with E-state index < -0.39 is 0 Å². The third-order valence-electron chi connectivity index (χ3n) is 4.29. The number of furan rings is 1. The molecule has 22 heavy (non-hydrogen) atoms. The van der Waals surface area contributed by atoms with Crippen LogP contribution < -0.4 is 0 Å². The maximum Gasteiger partial charge on any atom is 0.194 e. The van der Waals surface area contributed by atoms with E-state index in [1.807, 2.05) is 54.6 Å². The van der Waals surface area contributed by atoms with Gasteiger partial charge in [-0.05, 0) is 35.9 Å². The molecule has 1 aliphatic carbocycles. The molecule has 0 radical (unpaired) electrons. The Morgan fingerprint density at radius 2 is 1.64 bits per heavy atom. The van der Waals surface area contributed by atoms with Crippen molar-refractivity contribution in [3.63, 3.8) is 0 Å². The van der Waals surface area contributed by atoms with Crippen LogP contribution in [0.3, 0.4) is 0 Å². The molecule has 0 saturated carbocycles. The zero-order valence-electron chi connectivity index (χ0n) is 11.4. The molecule has 0 saturated heterocycles. The maximum absolute atomic E-state index is 12.6. The molecule has 2 nitrogen and oxygen atoms in total. The third kappa shape index (κ3) is 1.41. The first kappa shape index (κ1) is 12.2. The van der Waals surface area contributed by atoms with E-state index in [0.29, 0.717) is 0 Å². The van der Waals surface area contributed by atoms with Crippen LogP contribution in [0.15, 0.2) is 63.5 Å². The average molecular weight is 349 g/mol. The van der Waals surface area contributed by atoms with E-state index >= 15 is 0 Å². The molecule has 3 heteroatoms. The van der Waals surface area contributed by atoms with Gasteiger partial charge in [0, 0.05) is 31.9 Å². The quantitative estimate of drug-likeness (QED) is 0.366. The Balaban J connectivity index is 1.99. The second-order valence-electron chi connectivity index (χ2n) is 5.48. The van der Waals surface area contributed by atoms with E-state index in [4.69, 9.17) is 4.42 Å². The van der Waals surface area contributed by atoms with Crippen LogP contribution in [-0.4, -0.2) is 5.78 Å². The Kier molecular flexibility index (Phi) is 2.26. The molecule has 0 N–H and O–H groups in total. The van der Waals surface area contributed by atoms with Crippen LogP contribution in [0.4, 0.5) is 0 Å². The summed E-state index contributed by atoms with van der Waals surface area (Å²) >= 11 is 3.44. The fourth-order valence-corrected chi connectivity index (χ4v) is 3.67. The molecular weight excluding hydrogens is 340 g/mol. The highest BCUT2D eigenvalue weighted by Gasteiger charge is 2.30. The summed E-state index contributed by atoms with van der Waals surface area (Å²) in [5.74, 6) is 0.0636. The second-order valence-corrected chi connectivity index (χ2v) is 6.40. The lowest BCUT2D eigenvalue weighted by atomic mass is 10.0. The standard InChI is InChI=1S/C19H9BrO2/c20-10-5-6-12-15(9-10)18(21)14-8-7-13-11-3-1-2-4-16(11)22-19(13)17(12)14/h1-9H. The lowest BCUT2D eigenvalue weighted by Gasteiger charge is -2.01. The zero-order valence-corrected chi connectivity index (χ0v) is 13.0. The van der Waals surface area contributed by atoms with Gasteiger partial charge in [-0.2, -0.15) is 0 Å². The van der Waals surface area contributed by atoms with Gasteiger partial charge in [0.1, 0.15) is 11.2 Å². The number of para-hydroxylation sites is 1. The Hall–Kier alpha value is -2.39. The molecular formula is C19H9BrO2. The number of hydrogen-bond acceptors (Lipinski definition) is 2. The summed E-state index contributed by atoms with van der Waals surface area (Å²) in [4.78, 5) is 12.6. The van der Waals surface area contributed by atoms with Gasteiger partial charge in [0.2, 0.25) is 0 Å². The predicted octanol–water partition coefficient (Wildman–Crippen LogP) is 5.56. The van der Waals surface area contributed by atoms with Crippen molar-refractivity contribution in [2.75, 3.05) is 0 Å². The monoisotopic (exact) mass is 348 g/mol. The first-order valence-electron chi connectivity index (χ1n) is 7.03. The number of hydrogen-bond donors (Lipinski definition) is 0. The second kappa shape index (κ2) is 4.08. The molecule has 0 atom stereocenters. The smallest absolute Gasteiger partial charge is 0.194 e. The van der Waals surface area contributed by atoms with Crippen LogP contribution >= 0.6 is 15.9 Å². The normalized spacial score (nSPS) is 12.9. The summed E-state index contributed by atoms with van der Waals surface area (Å²) in [5.41, 5.74) is 4.98. The molecule has 4 aromatic rings. The topological polar surface area (TPSA) is 30.2 Å². The summed E-state index contributed by atoms with van der Waals surface area (Å²) in [7, 11) is 0. The van der Waals surface area contributed by atoms with Gasteiger partial charge in [0.25, 0.3) is 0 Å². The molecule has 5 rings (SSSR count). The van der Waals surface area contributed by atoms with Crippen LogP contribution in [0.2, 0.25) is 0 Å². The fraction of sp³-hybridized carbons (Fsp3) is 0. The van der Waals surface area contributed by atoms with Crippen molar-refractivity contribution in [2.24, 2.45) is 0 Å². The van der Waals surface area contributed by atoms with E-state index in [2.05, 4.69) is 15.9 Å². The predicted molar refractivity (Wildman–Crippen MR) is 90.3 cm³/mol. The third-order valence-corrected chi connectivity index (χ3v) is 4.78. The van der Waals surface area contributed by atoms with Gasteiger partial charge < -0.3 is 4.42 Å². The van der Waals surface area contributed by atoms with Gasteiger partial charge in [-0.25, -0.2) is 0 Å². The molecule has 0 fully saturated rings. The summed E-state index contributed by atoms with van der Waals surface area (Å²) in [6.07, 6.45) is 0. The Morgan fingerprint density at radius 1 is 0.818 bits per heavy atom. The van der Waals surface area contributed by atoms with Crippen molar-refractivity contribution in [1.29, 1.82) is 0 Å². The number of benzene rings is 3. The maximum atomic E-state index is 12.6. The van der Waals surface area contributed by atoms with Gasteiger partial charge in [-0.1, -0.05) is 40.2 Å². The molecule has 0 spiro atoms. The molecule has 1 heterocycles. The first-order chi connectivity index (χ1) is 10.7. The Bertz CT molecular complexity index is 1110. The molecule has 0 bridgehead atoms. The number of carbonyl (C=O) groups excluding carboxylic acids is 1. The highest BCUT2D eigenvalue weighted by molar-refractivity contribution is 9.10. The average Bonchev–Trinajstić information content (AvgIpc) is 3.04. The van der Waals surface area contributed by atoms with Crippen LogP contribution in [0.1, 0.15) is 15.9 Å². The van der Waals surface area contributed by atoms with E-state index in [-0.39, 0.29) is 5.78 Å². The van der Waals surface area contributed by atoms with E-state index in [9.17, 15) is 4.79 Å². The SMILES string of the molecule is O=C1c2cc(Br)ccc2-c2c1ccc1c2oc2ccccc21. The van der Waals surface area contributed by atoms with Gasteiger partial charge in [0.05, 0.1) is 0 Å². The number of halogens is 1. The summed E-state index contributed by atoms with van der Waals surface area (Å²) in [6.45, 7) is 0. The number of carbonyl (C=O) groups is 1. The Morgan fingerprint density at radius 3 is 2.55 bits per heavy atom. The summed E-state index contributed by atoms with van der Waals surface area (Å²) in [5, 5.41) is 2.14. The fourth-order valence-electron chi connectivity index (χ4n) is 3.31. The lowest BCUT2D eigenvalue weighted by molar-refractivity contribution is 0.104. The van der Waals surface area contributed by atoms with Gasteiger partial charge in [-0.15, -0.1) is 0 Å². The van der Waals surface area contributed by atoms with Gasteiger partial charge in [0.15, 0.2) is 5.78 Å². The van der Waals surface area contributed by atoms with Crippen LogP contribution in [0.25, 0.3) is 33.1 Å². The molecule has 104 valence electrons. The van der Waals surface area contributed by atoms with E-state index in [1.165, 1.54) is 0 Å². The number of fused-ring (bicyclic) bond motifs is 7. The molecule has 0 unspecified atom stereocenters. The molecule has 1 aromatic heterocycles. The highest BCUT2D eigenvalue weighted by Crippen LogP contribution is 2.44. The van der Waals surface area contributed by atoms with Crippen LogP contribution in [0, 0.1) is 0 Å². The van der Waals surface area contributed by atoms with E-state index in [1.54, 1.807) is 0 Å². The highest BCUT2D eigenvalue weighted by atomic mass is 79.9. The zero-order chi connectivity index (χ0) is 14.8. The van der Waals surface area contributed by atoms with Crippen LogP contribution in [-0.2, 0) is 0 Å². The minimum atomic E-state index is 0.0636.